The summed E-state index contributed by atoms with van der Waals surface area (Å²) in [6.45, 7) is 12.1. The summed E-state index contributed by atoms with van der Waals surface area (Å²) >= 11 is 0. The Morgan fingerprint density at radius 2 is 2.05 bits per heavy atom. The third kappa shape index (κ3) is 8.55. The highest BCUT2D eigenvalue weighted by Crippen LogP contribution is 2.19. The monoisotopic (exact) mass is 302 g/mol. The summed E-state index contributed by atoms with van der Waals surface area (Å²) in [6, 6.07) is 0.513. The zero-order chi connectivity index (χ0) is 16.5. The highest BCUT2D eigenvalue weighted by atomic mass is 16.6. The number of piperidine rings is 1. The number of amides is 1. The third-order valence-electron chi connectivity index (χ3n) is 3.16. The minimum Gasteiger partial charge on any atom is -0.468 e. The predicted molar refractivity (Wildman–Crippen MR) is 82.1 cm³/mol. The fourth-order valence-electron chi connectivity index (χ4n) is 2.13. The molecule has 1 aliphatic heterocycles. The van der Waals surface area contributed by atoms with Gasteiger partial charge in [-0.25, -0.2) is 4.79 Å². The van der Waals surface area contributed by atoms with E-state index in [1.807, 2.05) is 32.7 Å². The lowest BCUT2D eigenvalue weighted by Crippen LogP contribution is -2.50. The Morgan fingerprint density at radius 1 is 1.43 bits per heavy atom. The van der Waals surface area contributed by atoms with Gasteiger partial charge in [0.25, 0.3) is 6.47 Å². The number of likely N-dealkylation sites (tertiary alicyclic amines) is 1. The van der Waals surface area contributed by atoms with Crippen molar-refractivity contribution in [3.8, 4) is 0 Å². The SMILES string of the molecule is CCOC=O.CNC1CCN(C(=O)OC(C)(C)C)CC1C. The number of carbonyl (C=O) groups excluding carboxylic acids is 2. The van der Waals surface area contributed by atoms with Crippen LogP contribution in [0, 0.1) is 5.92 Å². The first-order chi connectivity index (χ1) is 9.75. The van der Waals surface area contributed by atoms with Crippen molar-refractivity contribution in [3.63, 3.8) is 0 Å². The van der Waals surface area contributed by atoms with Gasteiger partial charge in [-0.1, -0.05) is 6.92 Å². The van der Waals surface area contributed by atoms with Crippen LogP contribution in [0.1, 0.15) is 41.0 Å². The first kappa shape index (κ1) is 19.7. The molecule has 124 valence electrons. The largest absolute Gasteiger partial charge is 0.468 e. The maximum absolute atomic E-state index is 11.8. The summed E-state index contributed by atoms with van der Waals surface area (Å²) in [5.74, 6) is 0.478. The lowest BCUT2D eigenvalue weighted by molar-refractivity contribution is -0.128. The molecule has 0 aromatic carbocycles. The molecule has 2 unspecified atom stereocenters. The van der Waals surface area contributed by atoms with Gasteiger partial charge in [-0.2, -0.15) is 0 Å². The fraction of sp³-hybridized carbons (Fsp3) is 0.867. The van der Waals surface area contributed by atoms with E-state index in [1.165, 1.54) is 0 Å². The molecule has 0 saturated carbocycles. The van der Waals surface area contributed by atoms with E-state index < -0.39 is 5.60 Å². The Hall–Kier alpha value is -1.30. The molecule has 0 bridgehead atoms. The fourth-order valence-corrected chi connectivity index (χ4v) is 2.13. The van der Waals surface area contributed by atoms with E-state index in [1.54, 1.807) is 6.92 Å². The molecule has 1 amide bonds. The van der Waals surface area contributed by atoms with E-state index in [9.17, 15) is 9.59 Å². The molecule has 1 saturated heterocycles. The smallest absolute Gasteiger partial charge is 0.410 e. The van der Waals surface area contributed by atoms with Crippen molar-refractivity contribution in [2.45, 2.75) is 52.7 Å². The van der Waals surface area contributed by atoms with Gasteiger partial charge in [-0.05, 0) is 47.1 Å². The lowest BCUT2D eigenvalue weighted by Gasteiger charge is -2.37. The van der Waals surface area contributed by atoms with Crippen LogP contribution in [0.3, 0.4) is 0 Å². The van der Waals surface area contributed by atoms with Crippen LogP contribution in [0.5, 0.6) is 0 Å². The number of rotatable bonds is 3. The zero-order valence-corrected chi connectivity index (χ0v) is 14.1. The molecular weight excluding hydrogens is 272 g/mol. The molecule has 0 aliphatic carbocycles. The number of nitrogens with zero attached hydrogens (tertiary/aromatic N) is 1. The van der Waals surface area contributed by atoms with Crippen molar-refractivity contribution in [1.29, 1.82) is 0 Å². The van der Waals surface area contributed by atoms with Crippen LogP contribution < -0.4 is 5.32 Å². The Morgan fingerprint density at radius 3 is 2.38 bits per heavy atom. The standard InChI is InChI=1S/C12H24N2O2.C3H6O2/c1-9-8-14(7-6-10(9)13-5)11(15)16-12(2,3)4;1-2-5-3-4/h9-10,13H,6-8H2,1-5H3;3H,2H2,1H3. The molecule has 2 atom stereocenters. The molecule has 6 nitrogen and oxygen atoms in total. The molecule has 0 spiro atoms. The maximum Gasteiger partial charge on any atom is 0.410 e. The number of hydrogen-bond acceptors (Lipinski definition) is 5. The van der Waals surface area contributed by atoms with E-state index in [0.717, 1.165) is 19.5 Å². The average molecular weight is 302 g/mol. The van der Waals surface area contributed by atoms with Crippen LogP contribution in [-0.2, 0) is 14.3 Å². The van der Waals surface area contributed by atoms with Crippen LogP contribution in [0.2, 0.25) is 0 Å². The molecule has 1 aliphatic rings. The van der Waals surface area contributed by atoms with Gasteiger partial charge < -0.3 is 19.7 Å². The van der Waals surface area contributed by atoms with Gasteiger partial charge in [0, 0.05) is 19.1 Å². The van der Waals surface area contributed by atoms with E-state index in [-0.39, 0.29) is 6.09 Å². The summed E-state index contributed by atoms with van der Waals surface area (Å²) in [7, 11) is 1.98. The highest BCUT2D eigenvalue weighted by Gasteiger charge is 2.30. The summed E-state index contributed by atoms with van der Waals surface area (Å²) in [5, 5.41) is 3.28. The van der Waals surface area contributed by atoms with Crippen LogP contribution in [-0.4, -0.2) is 55.9 Å². The summed E-state index contributed by atoms with van der Waals surface area (Å²) in [6.07, 6.45) is 0.811. The number of carbonyl (C=O) groups is 2. The molecular formula is C15H30N2O4. The number of nitrogens with one attached hydrogen (secondary N) is 1. The van der Waals surface area contributed by atoms with Crippen molar-refractivity contribution < 1.29 is 19.1 Å². The van der Waals surface area contributed by atoms with Gasteiger partial charge in [0.05, 0.1) is 6.61 Å². The summed E-state index contributed by atoms with van der Waals surface area (Å²) < 4.78 is 9.51. The summed E-state index contributed by atoms with van der Waals surface area (Å²) in [4.78, 5) is 22.8. The van der Waals surface area contributed by atoms with Crippen molar-refractivity contribution in [3.05, 3.63) is 0 Å². The second kappa shape index (κ2) is 9.60. The van der Waals surface area contributed by atoms with Gasteiger partial charge in [-0.15, -0.1) is 0 Å². The second-order valence-corrected chi connectivity index (χ2v) is 6.14. The Kier molecular flexibility index (Phi) is 9.01. The Bertz CT molecular complexity index is 315. The van der Waals surface area contributed by atoms with E-state index in [2.05, 4.69) is 17.0 Å². The molecule has 0 radical (unpaired) electrons. The topological polar surface area (TPSA) is 67.9 Å². The van der Waals surface area contributed by atoms with Crippen molar-refractivity contribution >= 4 is 12.6 Å². The molecule has 21 heavy (non-hydrogen) atoms. The highest BCUT2D eigenvalue weighted by molar-refractivity contribution is 5.68. The third-order valence-corrected chi connectivity index (χ3v) is 3.16. The van der Waals surface area contributed by atoms with Gasteiger partial charge >= 0.3 is 6.09 Å². The minimum absolute atomic E-state index is 0.186. The molecule has 1 rings (SSSR count). The molecule has 1 fully saturated rings. The molecule has 0 aromatic rings. The van der Waals surface area contributed by atoms with Crippen LogP contribution in [0.15, 0.2) is 0 Å². The van der Waals surface area contributed by atoms with Gasteiger partial charge in [-0.3, -0.25) is 4.79 Å². The maximum atomic E-state index is 11.8. The Labute approximate surface area is 128 Å². The molecule has 1 heterocycles. The minimum atomic E-state index is -0.403. The Balaban J connectivity index is 0.000000690. The number of hydrogen-bond donors (Lipinski definition) is 1. The van der Waals surface area contributed by atoms with Gasteiger partial charge in [0.1, 0.15) is 5.60 Å². The van der Waals surface area contributed by atoms with Crippen LogP contribution in [0.4, 0.5) is 4.79 Å². The molecule has 1 N–H and O–H groups in total. The van der Waals surface area contributed by atoms with Gasteiger partial charge in [0.15, 0.2) is 0 Å². The first-order valence-electron chi connectivity index (χ1n) is 7.45. The van der Waals surface area contributed by atoms with Gasteiger partial charge in [0.2, 0.25) is 0 Å². The van der Waals surface area contributed by atoms with Crippen molar-refractivity contribution in [1.82, 2.24) is 10.2 Å². The van der Waals surface area contributed by atoms with E-state index in [4.69, 9.17) is 4.74 Å². The van der Waals surface area contributed by atoms with Crippen molar-refractivity contribution in [2.75, 3.05) is 26.7 Å². The molecule has 0 aromatic heterocycles. The lowest BCUT2D eigenvalue weighted by atomic mass is 9.94. The average Bonchev–Trinajstić information content (AvgIpc) is 2.38. The first-order valence-corrected chi connectivity index (χ1v) is 7.45. The second-order valence-electron chi connectivity index (χ2n) is 6.14. The van der Waals surface area contributed by atoms with E-state index in [0.29, 0.717) is 25.0 Å². The van der Waals surface area contributed by atoms with E-state index >= 15 is 0 Å². The normalized spacial score (nSPS) is 21.9. The zero-order valence-electron chi connectivity index (χ0n) is 14.1. The predicted octanol–water partition coefficient (Wildman–Crippen LogP) is 2.03. The quantitative estimate of drug-likeness (QED) is 0.808. The van der Waals surface area contributed by atoms with Crippen LogP contribution >= 0.6 is 0 Å². The van der Waals surface area contributed by atoms with Crippen molar-refractivity contribution in [2.24, 2.45) is 5.92 Å². The number of ether oxygens (including phenoxy) is 2. The van der Waals surface area contributed by atoms with Crippen LogP contribution in [0.25, 0.3) is 0 Å². The molecule has 6 heteroatoms. The summed E-state index contributed by atoms with van der Waals surface area (Å²) in [5.41, 5.74) is -0.403.